The Bertz CT molecular complexity index is 2160. The van der Waals surface area contributed by atoms with Crippen molar-refractivity contribution in [2.45, 2.75) is 63.8 Å². The molecule has 0 aliphatic carbocycles. The summed E-state index contributed by atoms with van der Waals surface area (Å²) in [5.41, 5.74) is -6.63. The van der Waals surface area contributed by atoms with Gasteiger partial charge in [-0.25, -0.2) is 27.6 Å². The molecule has 3 aromatic rings. The summed E-state index contributed by atoms with van der Waals surface area (Å²) in [5, 5.41) is 0. The van der Waals surface area contributed by atoms with Gasteiger partial charge in [0.25, 0.3) is 5.56 Å². The number of rotatable bonds is 12. The van der Waals surface area contributed by atoms with E-state index in [9.17, 15) is 46.7 Å². The molecule has 4 rings (SSSR count). The van der Waals surface area contributed by atoms with Gasteiger partial charge in [0, 0.05) is 47.4 Å². The number of aryl methyl sites for hydroxylation is 2. The van der Waals surface area contributed by atoms with Gasteiger partial charge >= 0.3 is 47.3 Å². The quantitative estimate of drug-likeness (QED) is 0.0524. The van der Waals surface area contributed by atoms with Gasteiger partial charge in [-0.2, -0.15) is 17.7 Å². The lowest BCUT2D eigenvalue weighted by Gasteiger charge is -2.21. The molecule has 0 radical (unpaired) electrons. The van der Waals surface area contributed by atoms with Crippen LogP contribution in [0.25, 0.3) is 11.2 Å². The second-order valence-electron chi connectivity index (χ2n) is 11.4. The number of hydrogen-bond acceptors (Lipinski definition) is 17. The second-order valence-corrected chi connectivity index (χ2v) is 12.8. The van der Waals surface area contributed by atoms with Crippen molar-refractivity contribution in [1.29, 1.82) is 0 Å². The molecule has 3 aromatic heterocycles. The number of esters is 5. The summed E-state index contributed by atoms with van der Waals surface area (Å²) in [4.78, 5) is 89.6. The largest absolute Gasteiger partial charge is 0.741 e. The van der Waals surface area contributed by atoms with Gasteiger partial charge in [0.15, 0.2) is 39.8 Å². The molecule has 0 saturated carbocycles. The molecule has 1 aliphatic rings. The predicted molar refractivity (Wildman–Crippen MR) is 170 cm³/mol. The van der Waals surface area contributed by atoms with E-state index in [1.54, 1.807) is 7.05 Å². The molecular formula is C30H34F3N5O16S. The van der Waals surface area contributed by atoms with E-state index in [0.29, 0.717) is 0 Å². The minimum absolute atomic E-state index is 0.0860. The van der Waals surface area contributed by atoms with Crippen LogP contribution in [0.1, 0.15) is 43.8 Å². The third kappa shape index (κ3) is 11.4. The molecule has 0 aromatic carbocycles. The van der Waals surface area contributed by atoms with Gasteiger partial charge in [-0.3, -0.25) is 28.5 Å². The lowest BCUT2D eigenvalue weighted by atomic mass is 10.1. The highest BCUT2D eigenvalue weighted by atomic mass is 32.2. The maximum atomic E-state index is 12.8. The van der Waals surface area contributed by atoms with Gasteiger partial charge in [-0.1, -0.05) is 0 Å². The van der Waals surface area contributed by atoms with Crippen LogP contribution >= 0.6 is 0 Å². The number of alkyl halides is 3. The van der Waals surface area contributed by atoms with Crippen LogP contribution in [0.4, 0.5) is 13.2 Å². The highest BCUT2D eigenvalue weighted by Crippen LogP contribution is 2.31. The number of fused-ring (bicyclic) bond motifs is 1. The number of halogens is 3. The summed E-state index contributed by atoms with van der Waals surface area (Å²) in [6.45, 7) is 2.32. The van der Waals surface area contributed by atoms with Crippen molar-refractivity contribution >= 4 is 51.1 Å². The standard InChI is InChI=1S/C29H34N5O13.CHF3O3S/c1-16(35)44-14-20-23(45-17(2)36)24(46-18(3)37)27(47-20)33-9-6-8-19(12-33)28(40)43-11-7-10-42-21(38)13-34-26(39)22-25(30-15-31(22)4)32(5)29(34)41;2-1(3,4)8(5,6)7/h6,8-9,12,15,20,23-24,27H,7,10-11,13-14H2,1-5H3;(H,5,6,7)/q+1;/p-1/t20-,23-,24-,27-;/m1./s1. The summed E-state index contributed by atoms with van der Waals surface area (Å²) < 4.78 is 95.9. The van der Waals surface area contributed by atoms with Crippen LogP contribution in [0.15, 0.2) is 40.4 Å². The zero-order chi connectivity index (χ0) is 41.4. The Labute approximate surface area is 307 Å². The normalized spacial score (nSPS) is 18.1. The van der Waals surface area contributed by atoms with Crippen molar-refractivity contribution < 1.29 is 83.1 Å². The first-order valence-corrected chi connectivity index (χ1v) is 17.0. The van der Waals surface area contributed by atoms with E-state index in [2.05, 4.69) is 4.98 Å². The number of nitrogens with zero attached hydrogens (tertiary/aromatic N) is 5. The third-order valence-electron chi connectivity index (χ3n) is 7.25. The number of pyridine rings is 1. The Kier molecular flexibility index (Phi) is 14.4. The van der Waals surface area contributed by atoms with Gasteiger partial charge < -0.3 is 37.5 Å². The Hall–Kier alpha value is -5.69. The van der Waals surface area contributed by atoms with E-state index >= 15 is 0 Å². The first-order valence-electron chi connectivity index (χ1n) is 15.6. The highest BCUT2D eigenvalue weighted by Gasteiger charge is 2.54. The number of ether oxygens (including phenoxy) is 6. The summed E-state index contributed by atoms with van der Waals surface area (Å²) in [7, 11) is -3.07. The first kappa shape index (κ1) is 43.7. The molecule has 302 valence electrons. The molecule has 25 heteroatoms. The van der Waals surface area contributed by atoms with Gasteiger partial charge in [0.05, 0.1) is 19.5 Å². The zero-order valence-corrected chi connectivity index (χ0v) is 30.4. The van der Waals surface area contributed by atoms with Crippen LogP contribution < -0.4 is 15.8 Å². The Morgan fingerprint density at radius 1 is 0.964 bits per heavy atom. The van der Waals surface area contributed by atoms with Crippen LogP contribution in [0.5, 0.6) is 0 Å². The van der Waals surface area contributed by atoms with Crippen molar-refractivity contribution in [3.8, 4) is 0 Å². The molecule has 4 heterocycles. The summed E-state index contributed by atoms with van der Waals surface area (Å²) >= 11 is 0. The summed E-state index contributed by atoms with van der Waals surface area (Å²) in [6.07, 6.45) is 0.0796. The molecule has 1 fully saturated rings. The van der Waals surface area contributed by atoms with Crippen LogP contribution in [-0.4, -0.2) is 105 Å². The molecule has 0 amide bonds. The van der Waals surface area contributed by atoms with E-state index in [-0.39, 0.29) is 43.0 Å². The lowest BCUT2D eigenvalue weighted by Crippen LogP contribution is -2.48. The average Bonchev–Trinajstić information content (AvgIpc) is 3.63. The second kappa shape index (κ2) is 18.1. The SMILES string of the molecule is CC(=O)OC[C@H]1O[C@@H]([n+]2cccc(C(=O)OCCCOC(=O)Cn3c(=O)c4c(ncn4C)n(C)c3=O)c2)[C@H](OC(C)=O)[C@@H]1OC(C)=O.O=S(=O)([O-])C(F)(F)F. The molecular weight excluding hydrogens is 775 g/mol. The molecule has 21 nitrogen and oxygen atoms in total. The van der Waals surface area contributed by atoms with Gasteiger partial charge in [0.1, 0.15) is 24.8 Å². The Morgan fingerprint density at radius 3 is 2.15 bits per heavy atom. The van der Waals surface area contributed by atoms with E-state index in [0.717, 1.165) is 16.1 Å². The molecule has 55 heavy (non-hydrogen) atoms. The summed E-state index contributed by atoms with van der Waals surface area (Å²) in [6, 6.07) is 2.98. The van der Waals surface area contributed by atoms with Crippen LogP contribution in [0, 0.1) is 0 Å². The smallest absolute Gasteiger partial charge is 0.485 e. The Balaban J connectivity index is 0.000000912. The summed E-state index contributed by atoms with van der Waals surface area (Å²) in [5.74, 6) is -3.53. The maximum absolute atomic E-state index is 12.8. The first-order chi connectivity index (χ1) is 25.5. The van der Waals surface area contributed by atoms with Gasteiger partial charge in [-0.15, -0.1) is 0 Å². The highest BCUT2D eigenvalue weighted by molar-refractivity contribution is 7.86. The van der Waals surface area contributed by atoms with Crippen molar-refractivity contribution in [3.63, 3.8) is 0 Å². The third-order valence-corrected chi connectivity index (χ3v) is 7.82. The van der Waals surface area contributed by atoms with Crippen LogP contribution in [0.2, 0.25) is 0 Å². The lowest BCUT2D eigenvalue weighted by molar-refractivity contribution is -0.765. The number of carbonyl (C=O) groups excluding carboxylic acids is 5. The molecule has 4 atom stereocenters. The maximum Gasteiger partial charge on any atom is 0.485 e. The fourth-order valence-electron chi connectivity index (χ4n) is 4.91. The predicted octanol–water partition coefficient (Wildman–Crippen LogP) is -1.11. The number of hydrogen-bond donors (Lipinski definition) is 0. The zero-order valence-electron chi connectivity index (χ0n) is 29.5. The van der Waals surface area contributed by atoms with Gasteiger partial charge in [-0.05, 0) is 6.07 Å². The Morgan fingerprint density at radius 2 is 1.56 bits per heavy atom. The molecule has 1 saturated heterocycles. The van der Waals surface area contributed by atoms with Crippen LogP contribution in [-0.2, 0) is 78.4 Å². The molecule has 0 unspecified atom stereocenters. The van der Waals surface area contributed by atoms with Crippen molar-refractivity contribution in [3.05, 3.63) is 57.3 Å². The van der Waals surface area contributed by atoms with Crippen molar-refractivity contribution in [2.24, 2.45) is 14.1 Å². The minimum Gasteiger partial charge on any atom is -0.741 e. The van der Waals surface area contributed by atoms with E-state index in [1.807, 2.05) is 0 Å². The molecule has 0 N–H and O–H groups in total. The van der Waals surface area contributed by atoms with Crippen molar-refractivity contribution in [2.75, 3.05) is 19.8 Å². The number of aromatic nitrogens is 5. The van der Waals surface area contributed by atoms with Gasteiger partial charge in [0.2, 0.25) is 6.10 Å². The topological polar surface area (TPSA) is 264 Å². The number of imidazole rings is 1. The molecule has 1 aliphatic heterocycles. The average molecular weight is 810 g/mol. The molecule has 0 bridgehead atoms. The number of carbonyl (C=O) groups is 5. The monoisotopic (exact) mass is 809 g/mol. The van der Waals surface area contributed by atoms with E-state index in [4.69, 9.17) is 41.4 Å². The van der Waals surface area contributed by atoms with E-state index in [1.165, 1.54) is 60.9 Å². The van der Waals surface area contributed by atoms with Crippen LogP contribution in [0.3, 0.4) is 0 Å². The van der Waals surface area contributed by atoms with E-state index < -0.39 is 87.8 Å². The fraction of sp³-hybridized carbons (Fsp3) is 0.500. The fourth-order valence-corrected chi connectivity index (χ4v) is 4.91. The minimum atomic E-state index is -6.09. The molecule has 0 spiro atoms. The van der Waals surface area contributed by atoms with Crippen molar-refractivity contribution in [1.82, 2.24) is 18.7 Å².